The van der Waals surface area contributed by atoms with Gasteiger partial charge in [-0.25, -0.2) is 13.6 Å². The number of hydrogen-bond donors (Lipinski definition) is 2. The molecule has 0 radical (unpaired) electrons. The van der Waals surface area contributed by atoms with Gasteiger partial charge in [0.1, 0.15) is 4.90 Å². The summed E-state index contributed by atoms with van der Waals surface area (Å²) in [6.45, 7) is 1.47. The monoisotopic (exact) mass is 337 g/mol. The molecule has 6 nitrogen and oxygen atoms in total. The van der Waals surface area contributed by atoms with E-state index >= 15 is 0 Å². The molecule has 0 spiro atoms. The summed E-state index contributed by atoms with van der Waals surface area (Å²) in [7, 11) is -4.02. The van der Waals surface area contributed by atoms with Crippen LogP contribution in [-0.4, -0.2) is 30.4 Å². The van der Waals surface area contributed by atoms with Crippen LogP contribution >= 0.6 is 23.4 Å². The van der Waals surface area contributed by atoms with E-state index in [1.165, 1.54) is 19.1 Å². The molecule has 0 aliphatic carbocycles. The molecule has 1 unspecified atom stereocenters. The van der Waals surface area contributed by atoms with Crippen LogP contribution in [0.4, 0.5) is 0 Å². The minimum absolute atomic E-state index is 0.0760. The average Bonchev–Trinajstić information content (AvgIpc) is 2.34. The van der Waals surface area contributed by atoms with Crippen molar-refractivity contribution in [3.05, 3.63) is 28.8 Å². The highest BCUT2D eigenvalue weighted by Gasteiger charge is 2.18. The van der Waals surface area contributed by atoms with Gasteiger partial charge in [0.25, 0.3) is 0 Å². The summed E-state index contributed by atoms with van der Waals surface area (Å²) in [4.78, 5) is 22.2. The Morgan fingerprint density at radius 3 is 2.55 bits per heavy atom. The Balaban J connectivity index is 2.93. The van der Waals surface area contributed by atoms with Gasteiger partial charge in [-0.15, -0.1) is 0 Å². The van der Waals surface area contributed by atoms with Crippen molar-refractivity contribution >= 4 is 44.5 Å². The molecule has 0 heterocycles. The van der Waals surface area contributed by atoms with Crippen LogP contribution in [0.25, 0.3) is 0 Å². The third kappa shape index (κ3) is 4.48. The number of carboxylic acid groups (broad SMARTS) is 1. The van der Waals surface area contributed by atoms with Crippen LogP contribution in [0.1, 0.15) is 17.3 Å². The smallest absolute Gasteiger partial charge is 0.307 e. The molecular formula is C11H12ClNO5S2. The molecule has 1 aromatic rings. The average molecular weight is 338 g/mol. The number of thioether (sulfide) groups is 1. The molecule has 0 saturated carbocycles. The van der Waals surface area contributed by atoms with Gasteiger partial charge in [0.2, 0.25) is 15.1 Å². The number of carboxylic acids is 1. The zero-order valence-electron chi connectivity index (χ0n) is 10.4. The number of nitrogens with two attached hydrogens (primary N) is 1. The minimum atomic E-state index is -4.02. The summed E-state index contributed by atoms with van der Waals surface area (Å²) >= 11 is 6.49. The van der Waals surface area contributed by atoms with Gasteiger partial charge in [0.05, 0.1) is 10.9 Å². The number of aliphatic carboxylic acids is 1. The lowest BCUT2D eigenvalue weighted by atomic mass is 10.2. The summed E-state index contributed by atoms with van der Waals surface area (Å²) < 4.78 is 22.6. The van der Waals surface area contributed by atoms with Gasteiger partial charge in [-0.05, 0) is 18.2 Å². The second-order valence-corrected chi connectivity index (χ2v) is 6.96. The predicted octanol–water partition coefficient (Wildman–Crippen LogP) is 1.58. The van der Waals surface area contributed by atoms with Gasteiger partial charge in [0, 0.05) is 11.3 Å². The van der Waals surface area contributed by atoms with Gasteiger partial charge in [-0.2, -0.15) is 0 Å². The second kappa shape index (κ2) is 6.57. The van der Waals surface area contributed by atoms with Gasteiger partial charge in [0.15, 0.2) is 0 Å². The highest BCUT2D eigenvalue weighted by atomic mass is 35.5. The van der Waals surface area contributed by atoms with Gasteiger partial charge in [-0.1, -0.05) is 30.3 Å². The van der Waals surface area contributed by atoms with Crippen LogP contribution in [0.15, 0.2) is 23.1 Å². The Kier molecular flexibility index (Phi) is 5.58. The van der Waals surface area contributed by atoms with Gasteiger partial charge >= 0.3 is 5.97 Å². The van der Waals surface area contributed by atoms with Crippen LogP contribution in [0.5, 0.6) is 0 Å². The van der Waals surface area contributed by atoms with Crippen molar-refractivity contribution in [2.45, 2.75) is 11.8 Å². The normalized spacial score (nSPS) is 12.9. The highest BCUT2D eigenvalue weighted by Crippen LogP contribution is 2.24. The molecule has 0 aromatic heterocycles. The van der Waals surface area contributed by atoms with Crippen LogP contribution in [0.2, 0.25) is 5.02 Å². The number of carbonyl (C=O) groups excluding carboxylic acids is 1. The lowest BCUT2D eigenvalue weighted by Gasteiger charge is -2.07. The van der Waals surface area contributed by atoms with Gasteiger partial charge in [-0.3, -0.25) is 9.59 Å². The highest BCUT2D eigenvalue weighted by molar-refractivity contribution is 8.14. The van der Waals surface area contributed by atoms with E-state index in [9.17, 15) is 18.0 Å². The predicted molar refractivity (Wildman–Crippen MR) is 76.4 cm³/mol. The van der Waals surface area contributed by atoms with Crippen LogP contribution in [0, 0.1) is 5.92 Å². The van der Waals surface area contributed by atoms with E-state index in [0.29, 0.717) is 0 Å². The lowest BCUT2D eigenvalue weighted by molar-refractivity contribution is -0.140. The third-order valence-electron chi connectivity index (χ3n) is 2.36. The van der Waals surface area contributed by atoms with Crippen molar-refractivity contribution in [2.75, 3.05) is 5.75 Å². The summed E-state index contributed by atoms with van der Waals surface area (Å²) in [6.07, 6.45) is 0. The summed E-state index contributed by atoms with van der Waals surface area (Å²) in [5.41, 5.74) is 0.0982. The van der Waals surface area contributed by atoms with Crippen molar-refractivity contribution in [2.24, 2.45) is 11.1 Å². The number of hydrogen-bond acceptors (Lipinski definition) is 5. The van der Waals surface area contributed by atoms with Crippen molar-refractivity contribution in [3.63, 3.8) is 0 Å². The molecule has 1 atom stereocenters. The fourth-order valence-corrected chi connectivity index (χ4v) is 3.11. The molecule has 9 heteroatoms. The number of halogens is 1. The maximum Gasteiger partial charge on any atom is 0.307 e. The number of benzene rings is 1. The fourth-order valence-electron chi connectivity index (χ4n) is 1.20. The molecule has 0 fully saturated rings. The molecule has 0 aliphatic heterocycles. The SMILES string of the molecule is CC(CSC(=O)c1ccc(Cl)c(S(N)(=O)=O)c1)C(=O)O. The Morgan fingerprint density at radius 1 is 1.45 bits per heavy atom. The Labute approximate surface area is 125 Å². The zero-order valence-corrected chi connectivity index (χ0v) is 12.8. The van der Waals surface area contributed by atoms with E-state index in [2.05, 4.69) is 0 Å². The maximum absolute atomic E-state index is 11.9. The van der Waals surface area contributed by atoms with E-state index < -0.39 is 27.0 Å². The summed E-state index contributed by atoms with van der Waals surface area (Å²) in [6, 6.07) is 3.70. The first-order valence-corrected chi connectivity index (χ1v) is 8.26. The molecule has 1 rings (SSSR count). The van der Waals surface area contributed by atoms with E-state index in [4.69, 9.17) is 21.8 Å². The lowest BCUT2D eigenvalue weighted by Crippen LogP contribution is -2.14. The fraction of sp³-hybridized carbons (Fsp3) is 0.273. The van der Waals surface area contributed by atoms with E-state index in [0.717, 1.165) is 17.8 Å². The molecule has 110 valence electrons. The largest absolute Gasteiger partial charge is 0.481 e. The molecule has 3 N–H and O–H groups in total. The van der Waals surface area contributed by atoms with E-state index in [1.807, 2.05) is 0 Å². The Hall–Kier alpha value is -1.09. The van der Waals surface area contributed by atoms with Crippen molar-refractivity contribution in [3.8, 4) is 0 Å². The first kappa shape index (κ1) is 17.0. The Bertz CT molecular complexity index is 644. The first-order chi connectivity index (χ1) is 9.12. The standard InChI is InChI=1S/C11H12ClNO5S2/c1-6(10(14)15)5-19-11(16)7-2-3-8(12)9(4-7)20(13,17)18/h2-4,6H,5H2,1H3,(H,14,15)(H2,13,17,18). The number of primary sulfonamides is 1. The van der Waals surface area contributed by atoms with Crippen LogP contribution < -0.4 is 5.14 Å². The Morgan fingerprint density at radius 2 is 2.05 bits per heavy atom. The van der Waals surface area contributed by atoms with E-state index in [1.54, 1.807) is 0 Å². The minimum Gasteiger partial charge on any atom is -0.481 e. The number of carbonyl (C=O) groups is 2. The first-order valence-electron chi connectivity index (χ1n) is 5.35. The van der Waals surface area contributed by atoms with Crippen LogP contribution in [-0.2, 0) is 14.8 Å². The second-order valence-electron chi connectivity index (χ2n) is 4.03. The quantitative estimate of drug-likeness (QED) is 0.843. The molecule has 1 aromatic carbocycles. The number of rotatable bonds is 5. The topological polar surface area (TPSA) is 115 Å². The summed E-state index contributed by atoms with van der Waals surface area (Å²) in [5, 5.41) is 13.2. The van der Waals surface area contributed by atoms with E-state index in [-0.39, 0.29) is 21.2 Å². The molecule has 0 amide bonds. The number of sulfonamides is 1. The van der Waals surface area contributed by atoms with Crippen LogP contribution in [0.3, 0.4) is 0 Å². The molecular weight excluding hydrogens is 326 g/mol. The van der Waals surface area contributed by atoms with Crippen molar-refractivity contribution < 1.29 is 23.1 Å². The van der Waals surface area contributed by atoms with Crippen molar-refractivity contribution in [1.82, 2.24) is 0 Å². The van der Waals surface area contributed by atoms with Gasteiger partial charge < -0.3 is 5.11 Å². The molecule has 0 saturated heterocycles. The maximum atomic E-state index is 11.9. The molecule has 20 heavy (non-hydrogen) atoms. The third-order valence-corrected chi connectivity index (χ3v) is 4.92. The summed E-state index contributed by atoms with van der Waals surface area (Å²) in [5.74, 6) is -1.61. The molecule has 0 aliphatic rings. The molecule has 0 bridgehead atoms. The van der Waals surface area contributed by atoms with Crippen molar-refractivity contribution in [1.29, 1.82) is 0 Å². The zero-order chi connectivity index (χ0) is 15.5.